The number of aryl methyl sites for hydroxylation is 1. The van der Waals surface area contributed by atoms with Crippen LogP contribution in [0.15, 0.2) is 48.9 Å². The van der Waals surface area contributed by atoms with Crippen LogP contribution in [-0.4, -0.2) is 50.0 Å². The van der Waals surface area contributed by atoms with E-state index in [-0.39, 0.29) is 17.9 Å². The maximum absolute atomic E-state index is 13.7. The number of likely N-dealkylation sites (tertiary alicyclic amines) is 1. The predicted molar refractivity (Wildman–Crippen MR) is 114 cm³/mol. The molecule has 31 heavy (non-hydrogen) atoms. The van der Waals surface area contributed by atoms with Gasteiger partial charge < -0.3 is 9.64 Å². The Morgan fingerprint density at radius 1 is 1.19 bits per heavy atom. The molecule has 7 nitrogen and oxygen atoms in total. The van der Waals surface area contributed by atoms with E-state index in [2.05, 4.69) is 22.1 Å². The van der Waals surface area contributed by atoms with Crippen LogP contribution in [0.2, 0.25) is 0 Å². The van der Waals surface area contributed by atoms with Gasteiger partial charge in [0.25, 0.3) is 5.91 Å². The number of hydrogen-bond donors (Lipinski definition) is 0. The van der Waals surface area contributed by atoms with Gasteiger partial charge in [-0.1, -0.05) is 18.6 Å². The molecule has 2 atom stereocenters. The molecule has 1 aliphatic heterocycles. The zero-order chi connectivity index (χ0) is 21.8. The minimum Gasteiger partial charge on any atom is -0.477 e. The molecule has 162 valence electrons. The third-order valence-electron chi connectivity index (χ3n) is 5.72. The molecule has 0 spiro atoms. The van der Waals surface area contributed by atoms with Crippen molar-refractivity contribution >= 4 is 5.91 Å². The van der Waals surface area contributed by atoms with E-state index in [9.17, 15) is 9.18 Å². The van der Waals surface area contributed by atoms with Gasteiger partial charge in [-0.2, -0.15) is 15.0 Å². The van der Waals surface area contributed by atoms with Crippen LogP contribution in [0.3, 0.4) is 0 Å². The fourth-order valence-electron chi connectivity index (χ4n) is 4.05. The molecule has 0 bridgehead atoms. The summed E-state index contributed by atoms with van der Waals surface area (Å²) in [5, 5.41) is 8.42. The van der Waals surface area contributed by atoms with Crippen LogP contribution in [0.4, 0.5) is 4.39 Å². The van der Waals surface area contributed by atoms with Gasteiger partial charge in [-0.15, -0.1) is 0 Å². The van der Waals surface area contributed by atoms with Gasteiger partial charge in [-0.05, 0) is 44.4 Å². The number of piperidine rings is 1. The van der Waals surface area contributed by atoms with Gasteiger partial charge in [-0.3, -0.25) is 4.79 Å². The Kier molecular flexibility index (Phi) is 6.25. The lowest BCUT2D eigenvalue weighted by Crippen LogP contribution is -2.48. The second kappa shape index (κ2) is 9.24. The Balaban J connectivity index is 1.53. The summed E-state index contributed by atoms with van der Waals surface area (Å²) in [7, 11) is 0. The fourth-order valence-corrected chi connectivity index (χ4v) is 4.05. The first-order chi connectivity index (χ1) is 15.0. The van der Waals surface area contributed by atoms with Crippen LogP contribution in [0, 0.1) is 18.7 Å². The fraction of sp³-hybridized carbons (Fsp3) is 0.391. The van der Waals surface area contributed by atoms with Crippen LogP contribution in [0.1, 0.15) is 42.1 Å². The summed E-state index contributed by atoms with van der Waals surface area (Å²) >= 11 is 0. The normalized spacial score (nSPS) is 18.7. The number of amides is 1. The lowest BCUT2D eigenvalue weighted by atomic mass is 9.91. The maximum Gasteiger partial charge on any atom is 0.256 e. The number of nitrogens with zero attached hydrogens (tertiary/aromatic N) is 5. The van der Waals surface area contributed by atoms with Crippen molar-refractivity contribution in [2.45, 2.75) is 39.2 Å². The summed E-state index contributed by atoms with van der Waals surface area (Å²) < 4.78 is 18.8. The van der Waals surface area contributed by atoms with Gasteiger partial charge in [0, 0.05) is 24.6 Å². The molecule has 1 unspecified atom stereocenters. The average Bonchev–Trinajstić information content (AvgIpc) is 3.32. The zero-order valence-electron chi connectivity index (χ0n) is 17.7. The van der Waals surface area contributed by atoms with Crippen LogP contribution in [0.5, 0.6) is 5.88 Å². The first kappa shape index (κ1) is 21.0. The van der Waals surface area contributed by atoms with Crippen molar-refractivity contribution in [2.24, 2.45) is 5.92 Å². The zero-order valence-corrected chi connectivity index (χ0v) is 17.7. The van der Waals surface area contributed by atoms with E-state index in [1.807, 2.05) is 30.0 Å². The molecule has 1 aromatic carbocycles. The molecular weight excluding hydrogens is 397 g/mol. The summed E-state index contributed by atoms with van der Waals surface area (Å²) in [6.07, 6.45) is 7.10. The highest BCUT2D eigenvalue weighted by molar-refractivity contribution is 5.98. The lowest BCUT2D eigenvalue weighted by molar-refractivity contribution is 0.0464. The van der Waals surface area contributed by atoms with Gasteiger partial charge in [-0.25, -0.2) is 9.37 Å². The summed E-state index contributed by atoms with van der Waals surface area (Å²) in [6, 6.07) is 8.76. The number of hydrogen-bond acceptors (Lipinski definition) is 5. The number of benzene rings is 1. The molecular formula is C23H26FN5O2. The monoisotopic (exact) mass is 423 g/mol. The SMILES string of the molecule is CCC1CC[C@@H](COc2ccc(F)cn2)CN1C(=O)c1cc(C)ccc1-n1nccn1. The van der Waals surface area contributed by atoms with Gasteiger partial charge in [0.1, 0.15) is 5.82 Å². The Morgan fingerprint density at radius 2 is 2.00 bits per heavy atom. The molecule has 0 saturated carbocycles. The minimum atomic E-state index is -0.395. The van der Waals surface area contributed by atoms with Crippen LogP contribution < -0.4 is 4.74 Å². The molecule has 0 N–H and O–H groups in total. The van der Waals surface area contributed by atoms with Crippen LogP contribution in [-0.2, 0) is 0 Å². The van der Waals surface area contributed by atoms with E-state index >= 15 is 0 Å². The molecule has 3 heterocycles. The lowest BCUT2D eigenvalue weighted by Gasteiger charge is -2.39. The molecule has 8 heteroatoms. The highest BCUT2D eigenvalue weighted by Crippen LogP contribution is 2.28. The second-order valence-corrected chi connectivity index (χ2v) is 7.93. The largest absolute Gasteiger partial charge is 0.477 e. The standard InChI is InChI=1S/C23H26FN5O2/c1-3-19-7-5-17(15-31-22-9-6-18(24)13-25-22)14-28(19)23(30)20-12-16(2)4-8-21(20)29-26-10-11-27-29/h4,6,8-13,17,19H,3,5,7,14-15H2,1-2H3/t17-,19?/m1/s1. The third-order valence-corrected chi connectivity index (χ3v) is 5.72. The molecule has 2 aromatic heterocycles. The Bertz CT molecular complexity index is 1020. The van der Waals surface area contributed by atoms with Gasteiger partial charge >= 0.3 is 0 Å². The van der Waals surface area contributed by atoms with E-state index < -0.39 is 5.82 Å². The highest BCUT2D eigenvalue weighted by Gasteiger charge is 2.33. The average molecular weight is 423 g/mol. The molecule has 0 aliphatic carbocycles. The summed E-state index contributed by atoms with van der Waals surface area (Å²) in [6.45, 7) is 5.10. The van der Waals surface area contributed by atoms with Crippen molar-refractivity contribution in [2.75, 3.05) is 13.2 Å². The number of ether oxygens (including phenoxy) is 1. The maximum atomic E-state index is 13.7. The first-order valence-electron chi connectivity index (χ1n) is 10.6. The number of pyridine rings is 1. The Morgan fingerprint density at radius 3 is 2.71 bits per heavy atom. The minimum absolute atomic E-state index is 0.0209. The molecule has 3 aromatic rings. The summed E-state index contributed by atoms with van der Waals surface area (Å²) in [5.74, 6) is 0.151. The van der Waals surface area contributed by atoms with Crippen molar-refractivity contribution in [3.8, 4) is 11.6 Å². The van der Waals surface area contributed by atoms with Crippen LogP contribution in [0.25, 0.3) is 5.69 Å². The first-order valence-corrected chi connectivity index (χ1v) is 10.6. The van der Waals surface area contributed by atoms with Crippen molar-refractivity contribution < 1.29 is 13.9 Å². The quantitative estimate of drug-likeness (QED) is 0.603. The number of aromatic nitrogens is 4. The van der Waals surface area contributed by atoms with Crippen LogP contribution >= 0.6 is 0 Å². The molecule has 0 radical (unpaired) electrons. The number of carbonyl (C=O) groups is 1. The van der Waals surface area contributed by atoms with Gasteiger partial charge in [0.05, 0.1) is 36.4 Å². The molecule has 1 saturated heterocycles. The number of rotatable bonds is 6. The Hall–Kier alpha value is -3.29. The second-order valence-electron chi connectivity index (χ2n) is 7.93. The van der Waals surface area contributed by atoms with Crippen molar-refractivity contribution in [1.82, 2.24) is 24.9 Å². The number of carbonyl (C=O) groups excluding carboxylic acids is 1. The Labute approximate surface area is 180 Å². The summed E-state index contributed by atoms with van der Waals surface area (Å²) in [4.78, 5) is 21.0. The van der Waals surface area contributed by atoms with E-state index in [1.54, 1.807) is 12.4 Å². The smallest absolute Gasteiger partial charge is 0.256 e. The highest BCUT2D eigenvalue weighted by atomic mass is 19.1. The van der Waals surface area contributed by atoms with Crippen molar-refractivity contribution in [3.05, 3.63) is 65.9 Å². The van der Waals surface area contributed by atoms with E-state index in [4.69, 9.17) is 4.74 Å². The summed E-state index contributed by atoms with van der Waals surface area (Å²) in [5.41, 5.74) is 2.27. The molecule has 1 aliphatic rings. The van der Waals surface area contributed by atoms with Crippen molar-refractivity contribution in [1.29, 1.82) is 0 Å². The molecule has 1 amide bonds. The molecule has 4 rings (SSSR count). The number of halogens is 1. The molecule has 1 fully saturated rings. The van der Waals surface area contributed by atoms with E-state index in [0.29, 0.717) is 30.3 Å². The van der Waals surface area contributed by atoms with Crippen molar-refractivity contribution in [3.63, 3.8) is 0 Å². The predicted octanol–water partition coefficient (Wildman–Crippen LogP) is 3.82. The van der Waals surface area contributed by atoms with E-state index in [0.717, 1.165) is 31.0 Å². The topological polar surface area (TPSA) is 73.1 Å². The third kappa shape index (κ3) is 4.73. The van der Waals surface area contributed by atoms with Gasteiger partial charge in [0.15, 0.2) is 0 Å². The van der Waals surface area contributed by atoms with Gasteiger partial charge in [0.2, 0.25) is 5.88 Å². The van der Waals surface area contributed by atoms with E-state index in [1.165, 1.54) is 16.9 Å².